The molecule has 7 heteroatoms. The number of hydrogen-bond acceptors (Lipinski definition) is 5. The van der Waals surface area contributed by atoms with Crippen molar-refractivity contribution in [3.8, 4) is 0 Å². The number of nitrogens with zero attached hydrogens (tertiary/aromatic N) is 2. The molecule has 0 aromatic heterocycles. The van der Waals surface area contributed by atoms with Crippen LogP contribution in [0.1, 0.15) is 53.6 Å². The highest BCUT2D eigenvalue weighted by Gasteiger charge is 2.49. The first-order chi connectivity index (χ1) is 14.0. The highest BCUT2D eigenvalue weighted by atomic mass is 16.2. The minimum Gasteiger partial charge on any atom is -0.330 e. The van der Waals surface area contributed by atoms with Gasteiger partial charge in [-0.25, -0.2) is 0 Å². The van der Waals surface area contributed by atoms with Crippen molar-refractivity contribution in [2.75, 3.05) is 19.6 Å². The standard InChI is InChI=1S/C22H28N4O3/c23-9-16-12-25(13-22(16)6-1-7-22)10-14-2-3-15-11-26(21(29)17(15)8-14)18-4-5-19(27)24-20(18)28/h2-3,8,16,18H,1,4-7,9-13,23H2,(H,24,27,28). The fourth-order valence-corrected chi connectivity index (χ4v) is 5.74. The van der Waals surface area contributed by atoms with Crippen LogP contribution in [0.2, 0.25) is 0 Å². The van der Waals surface area contributed by atoms with Gasteiger partial charge in [-0.2, -0.15) is 0 Å². The number of amides is 3. The second-order valence-corrected chi connectivity index (χ2v) is 9.21. The summed E-state index contributed by atoms with van der Waals surface area (Å²) in [6.07, 6.45) is 4.56. The fraction of sp³-hybridized carbons (Fsp3) is 0.591. The van der Waals surface area contributed by atoms with Crippen molar-refractivity contribution in [3.63, 3.8) is 0 Å². The largest absolute Gasteiger partial charge is 0.330 e. The summed E-state index contributed by atoms with van der Waals surface area (Å²) in [6.45, 7) is 4.15. The van der Waals surface area contributed by atoms with Crippen LogP contribution in [-0.2, 0) is 22.7 Å². The second kappa shape index (κ2) is 6.92. The lowest BCUT2D eigenvalue weighted by atomic mass is 9.63. The van der Waals surface area contributed by atoms with Crippen molar-refractivity contribution in [1.82, 2.24) is 15.1 Å². The van der Waals surface area contributed by atoms with Crippen LogP contribution in [0, 0.1) is 11.3 Å². The predicted octanol–water partition coefficient (Wildman–Crippen LogP) is 1.01. The van der Waals surface area contributed by atoms with E-state index >= 15 is 0 Å². The topological polar surface area (TPSA) is 95.7 Å². The third-order valence-electron chi connectivity index (χ3n) is 7.52. The number of carbonyl (C=O) groups is 3. The van der Waals surface area contributed by atoms with Gasteiger partial charge >= 0.3 is 0 Å². The highest BCUT2D eigenvalue weighted by Crippen LogP contribution is 2.51. The van der Waals surface area contributed by atoms with Gasteiger partial charge in [0.1, 0.15) is 6.04 Å². The normalized spacial score (nSPS) is 28.6. The molecule has 1 aliphatic carbocycles. The summed E-state index contributed by atoms with van der Waals surface area (Å²) in [6, 6.07) is 5.55. The third-order valence-corrected chi connectivity index (χ3v) is 7.52. The lowest BCUT2D eigenvalue weighted by Crippen LogP contribution is -2.52. The van der Waals surface area contributed by atoms with Gasteiger partial charge in [0, 0.05) is 38.2 Å². The number of benzene rings is 1. The van der Waals surface area contributed by atoms with Gasteiger partial charge in [-0.05, 0) is 54.3 Å². The molecule has 7 nitrogen and oxygen atoms in total. The summed E-state index contributed by atoms with van der Waals surface area (Å²) in [5.74, 6) is -0.148. The van der Waals surface area contributed by atoms with Crippen LogP contribution in [0.25, 0.3) is 0 Å². The number of nitrogens with two attached hydrogens (primary N) is 1. The Kier molecular flexibility index (Phi) is 4.47. The van der Waals surface area contributed by atoms with Gasteiger partial charge in [-0.3, -0.25) is 24.6 Å². The summed E-state index contributed by atoms with van der Waals surface area (Å²) in [7, 11) is 0. The fourth-order valence-electron chi connectivity index (χ4n) is 5.74. The second-order valence-electron chi connectivity index (χ2n) is 9.21. The molecule has 3 aliphatic heterocycles. The SMILES string of the molecule is NCC1CN(Cc2ccc3c(c2)C(=O)N(C2CCC(=O)NC2=O)C3)CC12CCC2. The molecule has 0 radical (unpaired) electrons. The third kappa shape index (κ3) is 3.07. The van der Waals surface area contributed by atoms with Crippen LogP contribution < -0.4 is 11.1 Å². The molecular formula is C22H28N4O3. The molecule has 2 unspecified atom stereocenters. The molecule has 0 bridgehead atoms. The van der Waals surface area contributed by atoms with Gasteiger partial charge in [0.05, 0.1) is 0 Å². The van der Waals surface area contributed by atoms with Crippen molar-refractivity contribution in [1.29, 1.82) is 0 Å². The van der Waals surface area contributed by atoms with Crippen LogP contribution in [0.5, 0.6) is 0 Å². The molecule has 3 N–H and O–H groups in total. The van der Waals surface area contributed by atoms with Crippen LogP contribution in [0.4, 0.5) is 0 Å². The molecule has 3 fully saturated rings. The minimum atomic E-state index is -0.557. The van der Waals surface area contributed by atoms with Gasteiger partial charge in [-0.15, -0.1) is 0 Å². The first kappa shape index (κ1) is 18.8. The zero-order valence-electron chi connectivity index (χ0n) is 16.7. The molecule has 1 aromatic rings. The Morgan fingerprint density at radius 2 is 2.03 bits per heavy atom. The van der Waals surface area contributed by atoms with E-state index in [-0.39, 0.29) is 24.1 Å². The summed E-state index contributed by atoms with van der Waals surface area (Å²) >= 11 is 0. The number of fused-ring (bicyclic) bond motifs is 1. The quantitative estimate of drug-likeness (QED) is 0.741. The van der Waals surface area contributed by atoms with Gasteiger partial charge < -0.3 is 10.6 Å². The van der Waals surface area contributed by atoms with Gasteiger partial charge in [0.15, 0.2) is 0 Å². The maximum absolute atomic E-state index is 13.0. The summed E-state index contributed by atoms with van der Waals surface area (Å²) in [5, 5.41) is 2.35. The molecule has 1 saturated carbocycles. The maximum atomic E-state index is 13.0. The molecular weight excluding hydrogens is 368 g/mol. The number of rotatable bonds is 4. The predicted molar refractivity (Wildman–Crippen MR) is 107 cm³/mol. The van der Waals surface area contributed by atoms with Crippen LogP contribution in [0.3, 0.4) is 0 Å². The number of imide groups is 1. The molecule has 2 saturated heterocycles. The van der Waals surface area contributed by atoms with E-state index in [1.165, 1.54) is 19.3 Å². The summed E-state index contributed by atoms with van der Waals surface area (Å²) in [4.78, 5) is 40.7. The van der Waals surface area contributed by atoms with Crippen LogP contribution in [0.15, 0.2) is 18.2 Å². The number of carbonyl (C=O) groups excluding carboxylic acids is 3. The summed E-state index contributed by atoms with van der Waals surface area (Å²) < 4.78 is 0. The molecule has 1 spiro atoms. The smallest absolute Gasteiger partial charge is 0.255 e. The average Bonchev–Trinajstić information content (AvgIpc) is 3.20. The first-order valence-electron chi connectivity index (χ1n) is 10.7. The Bertz CT molecular complexity index is 879. The molecule has 4 aliphatic rings. The monoisotopic (exact) mass is 396 g/mol. The Balaban J connectivity index is 1.30. The molecule has 29 heavy (non-hydrogen) atoms. The van der Waals surface area contributed by atoms with Crippen molar-refractivity contribution in [2.45, 2.75) is 51.2 Å². The van der Waals surface area contributed by atoms with E-state index in [0.29, 0.717) is 29.9 Å². The van der Waals surface area contributed by atoms with E-state index < -0.39 is 6.04 Å². The van der Waals surface area contributed by atoms with Gasteiger partial charge in [0.25, 0.3) is 5.91 Å². The molecule has 2 atom stereocenters. The van der Waals surface area contributed by atoms with Gasteiger partial charge in [-0.1, -0.05) is 18.6 Å². The van der Waals surface area contributed by atoms with E-state index in [9.17, 15) is 14.4 Å². The first-order valence-corrected chi connectivity index (χ1v) is 10.7. The Morgan fingerprint density at radius 3 is 2.69 bits per heavy atom. The van der Waals surface area contributed by atoms with E-state index in [4.69, 9.17) is 5.73 Å². The molecule has 5 rings (SSSR count). The Morgan fingerprint density at radius 1 is 1.21 bits per heavy atom. The average molecular weight is 396 g/mol. The zero-order valence-corrected chi connectivity index (χ0v) is 16.7. The highest BCUT2D eigenvalue weighted by molar-refractivity contribution is 6.05. The Hall–Kier alpha value is -2.25. The lowest BCUT2D eigenvalue weighted by molar-refractivity contribution is -0.136. The minimum absolute atomic E-state index is 0.104. The van der Waals surface area contributed by atoms with Crippen molar-refractivity contribution in [2.24, 2.45) is 17.1 Å². The van der Waals surface area contributed by atoms with E-state index in [1.54, 1.807) is 4.90 Å². The number of nitrogens with one attached hydrogen (secondary N) is 1. The zero-order chi connectivity index (χ0) is 20.2. The van der Waals surface area contributed by atoms with Crippen molar-refractivity contribution in [3.05, 3.63) is 34.9 Å². The molecule has 154 valence electrons. The van der Waals surface area contributed by atoms with E-state index in [2.05, 4.69) is 16.3 Å². The molecule has 3 amide bonds. The molecule has 3 heterocycles. The van der Waals surface area contributed by atoms with Crippen LogP contribution >= 0.6 is 0 Å². The van der Waals surface area contributed by atoms with Crippen LogP contribution in [-0.4, -0.2) is 53.2 Å². The van der Waals surface area contributed by atoms with Gasteiger partial charge in [0.2, 0.25) is 11.8 Å². The number of hydrogen-bond donors (Lipinski definition) is 2. The van der Waals surface area contributed by atoms with Crippen molar-refractivity contribution >= 4 is 17.7 Å². The van der Waals surface area contributed by atoms with Crippen molar-refractivity contribution < 1.29 is 14.4 Å². The summed E-state index contributed by atoms with van der Waals surface area (Å²) in [5.41, 5.74) is 9.25. The number of piperidine rings is 1. The molecule has 1 aromatic carbocycles. The number of likely N-dealkylation sites (tertiary alicyclic amines) is 1. The Labute approximate surface area is 170 Å². The van der Waals surface area contributed by atoms with E-state index in [1.807, 2.05) is 12.1 Å². The maximum Gasteiger partial charge on any atom is 0.255 e. The lowest BCUT2D eigenvalue weighted by Gasteiger charge is -2.42. The van der Waals surface area contributed by atoms with E-state index in [0.717, 1.165) is 37.3 Å².